The maximum Gasteiger partial charge on any atom is 0.269 e. The number of nitro benzene ring substituents is 1. The first-order valence-corrected chi connectivity index (χ1v) is 6.34. The van der Waals surface area contributed by atoms with Gasteiger partial charge in [0.15, 0.2) is 0 Å². The summed E-state index contributed by atoms with van der Waals surface area (Å²) in [5.74, 6) is 0.289. The van der Waals surface area contributed by atoms with Gasteiger partial charge in [-0.2, -0.15) is 15.0 Å². The van der Waals surface area contributed by atoms with E-state index in [0.29, 0.717) is 13.0 Å². The van der Waals surface area contributed by atoms with Crippen LogP contribution in [0.3, 0.4) is 0 Å². The number of halogens is 2. The number of rotatable bonds is 5. The number of anilines is 1. The summed E-state index contributed by atoms with van der Waals surface area (Å²) in [6, 6.07) is 6.33. The van der Waals surface area contributed by atoms with Crippen LogP contribution in [0.15, 0.2) is 24.3 Å². The first-order valence-electron chi connectivity index (χ1n) is 5.59. The van der Waals surface area contributed by atoms with E-state index in [1.807, 2.05) is 0 Å². The van der Waals surface area contributed by atoms with Crippen LogP contribution in [0.25, 0.3) is 0 Å². The van der Waals surface area contributed by atoms with Crippen LogP contribution in [-0.4, -0.2) is 26.4 Å². The van der Waals surface area contributed by atoms with Gasteiger partial charge in [-0.3, -0.25) is 10.1 Å². The minimum atomic E-state index is -0.434. The summed E-state index contributed by atoms with van der Waals surface area (Å²) in [5, 5.41) is 13.5. The molecule has 0 aliphatic heterocycles. The van der Waals surface area contributed by atoms with Gasteiger partial charge in [0.05, 0.1) is 4.92 Å². The zero-order chi connectivity index (χ0) is 14.5. The zero-order valence-corrected chi connectivity index (χ0v) is 11.6. The summed E-state index contributed by atoms with van der Waals surface area (Å²) in [7, 11) is 0. The fraction of sp³-hybridized carbons (Fsp3) is 0.182. The molecular weight excluding hydrogens is 305 g/mol. The molecule has 0 aliphatic carbocycles. The van der Waals surface area contributed by atoms with E-state index < -0.39 is 4.92 Å². The summed E-state index contributed by atoms with van der Waals surface area (Å²) < 4.78 is 0. The molecule has 0 radical (unpaired) electrons. The van der Waals surface area contributed by atoms with E-state index in [0.717, 1.165) is 5.56 Å². The standard InChI is InChI=1S/C11H9Cl2N5O2/c12-9-15-10(13)17-11(16-9)14-6-5-7-1-3-8(4-2-7)18(19)20/h1-4H,5-6H2,(H,14,15,16,17). The van der Waals surface area contributed by atoms with Crippen molar-refractivity contribution in [2.75, 3.05) is 11.9 Å². The van der Waals surface area contributed by atoms with Crippen LogP contribution in [0.1, 0.15) is 5.56 Å². The lowest BCUT2D eigenvalue weighted by atomic mass is 10.1. The van der Waals surface area contributed by atoms with E-state index in [9.17, 15) is 10.1 Å². The Bertz CT molecular complexity index is 600. The topological polar surface area (TPSA) is 93.8 Å². The number of nitrogens with one attached hydrogen (secondary N) is 1. The molecule has 20 heavy (non-hydrogen) atoms. The van der Waals surface area contributed by atoms with Crippen LogP contribution in [-0.2, 0) is 6.42 Å². The number of nitrogens with zero attached hydrogens (tertiary/aromatic N) is 4. The Morgan fingerprint density at radius 2 is 1.70 bits per heavy atom. The normalized spacial score (nSPS) is 10.3. The van der Waals surface area contributed by atoms with Gasteiger partial charge in [-0.25, -0.2) is 0 Å². The van der Waals surface area contributed by atoms with Crippen LogP contribution >= 0.6 is 23.2 Å². The molecule has 1 N–H and O–H groups in total. The Hall–Kier alpha value is -1.99. The summed E-state index contributed by atoms with van der Waals surface area (Å²) in [6.45, 7) is 0.536. The van der Waals surface area contributed by atoms with E-state index in [-0.39, 0.29) is 22.2 Å². The molecule has 0 saturated heterocycles. The Morgan fingerprint density at radius 1 is 1.10 bits per heavy atom. The van der Waals surface area contributed by atoms with Crippen molar-refractivity contribution in [3.05, 3.63) is 50.5 Å². The average Bonchev–Trinajstić information content (AvgIpc) is 2.38. The van der Waals surface area contributed by atoms with Crippen molar-refractivity contribution in [2.24, 2.45) is 0 Å². The molecule has 0 amide bonds. The van der Waals surface area contributed by atoms with Gasteiger partial charge in [0.25, 0.3) is 5.69 Å². The molecule has 0 spiro atoms. The quantitative estimate of drug-likeness (QED) is 0.673. The molecule has 7 nitrogen and oxygen atoms in total. The van der Waals surface area contributed by atoms with Crippen LogP contribution < -0.4 is 5.32 Å². The smallest absolute Gasteiger partial charge is 0.269 e. The number of aromatic nitrogens is 3. The molecular formula is C11H9Cl2N5O2. The van der Waals surface area contributed by atoms with Crippen LogP contribution in [0.4, 0.5) is 11.6 Å². The fourth-order valence-corrected chi connectivity index (χ4v) is 1.87. The number of nitro groups is 1. The maximum atomic E-state index is 10.5. The minimum absolute atomic E-state index is 0.0165. The monoisotopic (exact) mass is 313 g/mol. The van der Waals surface area contributed by atoms with Crippen molar-refractivity contribution in [1.29, 1.82) is 0 Å². The first kappa shape index (κ1) is 14.4. The molecule has 1 aromatic heterocycles. The molecule has 0 atom stereocenters. The van der Waals surface area contributed by atoms with Crippen LogP contribution in [0.5, 0.6) is 0 Å². The van der Waals surface area contributed by atoms with Gasteiger partial charge in [-0.15, -0.1) is 0 Å². The molecule has 1 aromatic carbocycles. The summed E-state index contributed by atoms with van der Waals surface area (Å²) in [5.41, 5.74) is 1.02. The lowest BCUT2D eigenvalue weighted by molar-refractivity contribution is -0.384. The third kappa shape index (κ3) is 4.01. The number of non-ortho nitro benzene ring substituents is 1. The van der Waals surface area contributed by atoms with E-state index in [2.05, 4.69) is 20.3 Å². The summed E-state index contributed by atoms with van der Waals surface area (Å²) in [4.78, 5) is 21.4. The lowest BCUT2D eigenvalue weighted by Crippen LogP contribution is -2.08. The van der Waals surface area contributed by atoms with Gasteiger partial charge < -0.3 is 5.32 Å². The molecule has 104 valence electrons. The zero-order valence-electron chi connectivity index (χ0n) is 10.1. The summed E-state index contributed by atoms with van der Waals surface area (Å²) in [6.07, 6.45) is 0.652. The second-order valence-corrected chi connectivity index (χ2v) is 4.47. The molecule has 2 aromatic rings. The largest absolute Gasteiger partial charge is 0.354 e. The highest BCUT2D eigenvalue weighted by molar-refractivity contribution is 6.31. The minimum Gasteiger partial charge on any atom is -0.354 e. The average molecular weight is 314 g/mol. The second-order valence-electron chi connectivity index (χ2n) is 3.80. The van der Waals surface area contributed by atoms with Crippen molar-refractivity contribution in [2.45, 2.75) is 6.42 Å². The SMILES string of the molecule is O=[N+]([O-])c1ccc(CCNc2nc(Cl)nc(Cl)n2)cc1. The van der Waals surface area contributed by atoms with Crippen molar-refractivity contribution >= 4 is 34.8 Å². The van der Waals surface area contributed by atoms with E-state index >= 15 is 0 Å². The maximum absolute atomic E-state index is 10.5. The van der Waals surface area contributed by atoms with E-state index in [1.165, 1.54) is 12.1 Å². The van der Waals surface area contributed by atoms with Crippen molar-refractivity contribution in [3.8, 4) is 0 Å². The third-order valence-corrected chi connectivity index (χ3v) is 2.76. The summed E-state index contributed by atoms with van der Waals surface area (Å²) >= 11 is 11.3. The fourth-order valence-electron chi connectivity index (χ4n) is 1.51. The number of benzene rings is 1. The Labute approximate surface area is 124 Å². The number of hydrogen-bond acceptors (Lipinski definition) is 6. The van der Waals surface area contributed by atoms with Gasteiger partial charge in [0.1, 0.15) is 0 Å². The van der Waals surface area contributed by atoms with Crippen molar-refractivity contribution < 1.29 is 4.92 Å². The second kappa shape index (κ2) is 6.44. The van der Waals surface area contributed by atoms with Crippen LogP contribution in [0, 0.1) is 10.1 Å². The molecule has 1 heterocycles. The molecule has 0 fully saturated rings. The van der Waals surface area contributed by atoms with Gasteiger partial charge in [-0.05, 0) is 35.2 Å². The third-order valence-electron chi connectivity index (χ3n) is 2.42. The predicted octanol–water partition coefficient (Wildman–Crippen LogP) is 2.74. The Balaban J connectivity index is 1.90. The number of hydrogen-bond donors (Lipinski definition) is 1. The van der Waals surface area contributed by atoms with Crippen molar-refractivity contribution in [3.63, 3.8) is 0 Å². The van der Waals surface area contributed by atoms with Gasteiger partial charge in [-0.1, -0.05) is 12.1 Å². The Morgan fingerprint density at radius 3 is 2.25 bits per heavy atom. The molecule has 0 saturated carbocycles. The van der Waals surface area contributed by atoms with Gasteiger partial charge >= 0.3 is 0 Å². The van der Waals surface area contributed by atoms with E-state index in [4.69, 9.17) is 23.2 Å². The highest BCUT2D eigenvalue weighted by Gasteiger charge is 2.05. The highest BCUT2D eigenvalue weighted by atomic mass is 35.5. The van der Waals surface area contributed by atoms with Gasteiger partial charge in [0, 0.05) is 18.7 Å². The first-order chi connectivity index (χ1) is 9.54. The van der Waals surface area contributed by atoms with Crippen molar-refractivity contribution in [1.82, 2.24) is 15.0 Å². The Kier molecular flexibility index (Phi) is 4.65. The lowest BCUT2D eigenvalue weighted by Gasteiger charge is -2.05. The molecule has 9 heteroatoms. The predicted molar refractivity (Wildman–Crippen MR) is 75.1 cm³/mol. The molecule has 0 aliphatic rings. The molecule has 2 rings (SSSR count). The van der Waals surface area contributed by atoms with Gasteiger partial charge in [0.2, 0.25) is 16.5 Å². The van der Waals surface area contributed by atoms with E-state index in [1.54, 1.807) is 12.1 Å². The molecule has 0 unspecified atom stereocenters. The van der Waals surface area contributed by atoms with Crippen LogP contribution in [0.2, 0.25) is 10.6 Å². The highest BCUT2D eigenvalue weighted by Crippen LogP contribution is 2.13. The molecule has 0 bridgehead atoms.